The molecular formula is C19H23N3O4. The summed E-state index contributed by atoms with van der Waals surface area (Å²) in [6.45, 7) is 0.266. The van der Waals surface area contributed by atoms with Gasteiger partial charge in [0.25, 0.3) is 11.5 Å². The predicted octanol–water partition coefficient (Wildman–Crippen LogP) is 1.79. The molecule has 0 radical (unpaired) electrons. The van der Waals surface area contributed by atoms with E-state index in [9.17, 15) is 14.4 Å². The molecular weight excluding hydrogens is 334 g/mol. The minimum atomic E-state index is -0.718. The number of aromatic nitrogens is 2. The first kappa shape index (κ1) is 18.1. The number of nitrogens with one attached hydrogen (secondary N) is 1. The van der Waals surface area contributed by atoms with Gasteiger partial charge in [-0.15, -0.1) is 0 Å². The summed E-state index contributed by atoms with van der Waals surface area (Å²) < 4.78 is 6.20. The Morgan fingerprint density at radius 1 is 1.19 bits per heavy atom. The highest BCUT2D eigenvalue weighted by atomic mass is 16.5. The third-order valence-electron chi connectivity index (χ3n) is 4.80. The van der Waals surface area contributed by atoms with E-state index in [0.29, 0.717) is 23.2 Å². The lowest BCUT2D eigenvalue weighted by Gasteiger charge is -2.21. The summed E-state index contributed by atoms with van der Waals surface area (Å²) in [7, 11) is 1.47. The van der Waals surface area contributed by atoms with Gasteiger partial charge < -0.3 is 10.1 Å². The van der Waals surface area contributed by atoms with E-state index in [-0.39, 0.29) is 23.8 Å². The molecule has 1 heterocycles. The minimum absolute atomic E-state index is 0.0304. The lowest BCUT2D eigenvalue weighted by atomic mass is 9.89. The van der Waals surface area contributed by atoms with Crippen molar-refractivity contribution in [3.63, 3.8) is 0 Å². The average molecular weight is 357 g/mol. The maximum atomic E-state index is 12.4. The van der Waals surface area contributed by atoms with E-state index >= 15 is 0 Å². The average Bonchev–Trinajstić information content (AvgIpc) is 2.68. The molecule has 2 aromatic rings. The topological polar surface area (TPSA) is 90.3 Å². The van der Waals surface area contributed by atoms with E-state index < -0.39 is 5.97 Å². The van der Waals surface area contributed by atoms with Gasteiger partial charge in [-0.1, -0.05) is 37.5 Å². The van der Waals surface area contributed by atoms with E-state index in [4.69, 9.17) is 4.74 Å². The van der Waals surface area contributed by atoms with Crippen molar-refractivity contribution in [1.29, 1.82) is 0 Å². The Bertz CT molecular complexity index is 869. The van der Waals surface area contributed by atoms with Crippen molar-refractivity contribution in [2.75, 3.05) is 13.2 Å². The van der Waals surface area contributed by atoms with E-state index in [1.165, 1.54) is 26.3 Å². The Balaban J connectivity index is 1.61. The molecule has 1 saturated carbocycles. The van der Waals surface area contributed by atoms with Crippen LogP contribution in [0.4, 0.5) is 0 Å². The lowest BCUT2D eigenvalue weighted by molar-refractivity contribution is -0.124. The molecule has 7 heteroatoms. The van der Waals surface area contributed by atoms with Crippen molar-refractivity contribution in [2.45, 2.75) is 32.1 Å². The number of fused-ring (bicyclic) bond motifs is 1. The van der Waals surface area contributed by atoms with E-state index in [1.807, 2.05) is 0 Å². The number of aryl methyl sites for hydroxylation is 1. The molecule has 26 heavy (non-hydrogen) atoms. The van der Waals surface area contributed by atoms with Crippen LogP contribution >= 0.6 is 0 Å². The maximum Gasteiger partial charge on any atom is 0.359 e. The monoisotopic (exact) mass is 357 g/mol. The van der Waals surface area contributed by atoms with Crippen LogP contribution in [0.2, 0.25) is 0 Å². The van der Waals surface area contributed by atoms with Crippen LogP contribution in [0.25, 0.3) is 10.8 Å². The fourth-order valence-corrected chi connectivity index (χ4v) is 3.35. The number of hydrogen-bond donors (Lipinski definition) is 1. The summed E-state index contributed by atoms with van der Waals surface area (Å²) in [5, 5.41) is 7.63. The molecule has 1 aliphatic rings. The number of hydrogen-bond acceptors (Lipinski definition) is 5. The number of carbonyl (C=O) groups is 2. The van der Waals surface area contributed by atoms with Gasteiger partial charge in [-0.25, -0.2) is 9.48 Å². The van der Waals surface area contributed by atoms with Crippen LogP contribution in [0.15, 0.2) is 29.1 Å². The summed E-state index contributed by atoms with van der Waals surface area (Å²) in [6, 6.07) is 6.71. The summed E-state index contributed by atoms with van der Waals surface area (Å²) >= 11 is 0. The van der Waals surface area contributed by atoms with Crippen LogP contribution < -0.4 is 10.9 Å². The molecule has 7 nitrogen and oxygen atoms in total. The molecule has 0 saturated heterocycles. The maximum absolute atomic E-state index is 12.4. The van der Waals surface area contributed by atoms with Gasteiger partial charge in [0, 0.05) is 19.0 Å². The van der Waals surface area contributed by atoms with Crippen LogP contribution in [-0.2, 0) is 16.6 Å². The lowest BCUT2D eigenvalue weighted by Crippen LogP contribution is -2.34. The molecule has 138 valence electrons. The Kier molecular flexibility index (Phi) is 5.65. The van der Waals surface area contributed by atoms with Gasteiger partial charge in [0.1, 0.15) is 0 Å². The molecule has 0 spiro atoms. The molecule has 1 N–H and O–H groups in total. The molecule has 1 aromatic carbocycles. The second kappa shape index (κ2) is 8.12. The quantitative estimate of drug-likeness (QED) is 0.824. The van der Waals surface area contributed by atoms with Gasteiger partial charge in [-0.05, 0) is 24.8 Å². The molecule has 0 unspecified atom stereocenters. The van der Waals surface area contributed by atoms with Crippen LogP contribution in [-0.4, -0.2) is 34.8 Å². The number of benzene rings is 1. The van der Waals surface area contributed by atoms with E-state index in [2.05, 4.69) is 10.4 Å². The molecule has 0 atom stereocenters. The largest absolute Gasteiger partial charge is 0.451 e. The van der Waals surface area contributed by atoms with Gasteiger partial charge in [-0.2, -0.15) is 5.10 Å². The normalized spacial score (nSPS) is 15.0. The number of carbonyl (C=O) groups excluding carboxylic acids is 2. The first-order valence-corrected chi connectivity index (χ1v) is 8.96. The molecule has 1 aromatic heterocycles. The van der Waals surface area contributed by atoms with Crippen molar-refractivity contribution in [1.82, 2.24) is 15.1 Å². The van der Waals surface area contributed by atoms with Crippen molar-refractivity contribution >= 4 is 22.6 Å². The molecule has 3 rings (SSSR count). The van der Waals surface area contributed by atoms with Gasteiger partial charge in [0.15, 0.2) is 12.3 Å². The first-order chi connectivity index (χ1) is 12.6. The second-order valence-corrected chi connectivity index (χ2v) is 6.71. The number of nitrogens with zero attached hydrogens (tertiary/aromatic N) is 2. The third-order valence-corrected chi connectivity index (χ3v) is 4.80. The van der Waals surface area contributed by atoms with Gasteiger partial charge in [0.2, 0.25) is 0 Å². The van der Waals surface area contributed by atoms with Crippen molar-refractivity contribution in [3.8, 4) is 0 Å². The zero-order valence-corrected chi connectivity index (χ0v) is 14.9. The Labute approximate surface area is 151 Å². The summed E-state index contributed by atoms with van der Waals surface area (Å²) in [4.78, 5) is 36.4. The van der Waals surface area contributed by atoms with Gasteiger partial charge >= 0.3 is 5.97 Å². The highest BCUT2D eigenvalue weighted by Gasteiger charge is 2.19. The van der Waals surface area contributed by atoms with Crippen LogP contribution in [0.3, 0.4) is 0 Å². The van der Waals surface area contributed by atoms with Gasteiger partial charge in [0.05, 0.1) is 5.39 Å². The molecule has 1 amide bonds. The predicted molar refractivity (Wildman–Crippen MR) is 96.9 cm³/mol. The molecule has 1 fully saturated rings. The minimum Gasteiger partial charge on any atom is -0.451 e. The second-order valence-electron chi connectivity index (χ2n) is 6.71. The van der Waals surface area contributed by atoms with Crippen LogP contribution in [0.1, 0.15) is 42.6 Å². The number of ether oxygens (including phenoxy) is 1. The highest BCUT2D eigenvalue weighted by molar-refractivity contribution is 6.02. The van der Waals surface area contributed by atoms with E-state index in [1.54, 1.807) is 24.3 Å². The fourth-order valence-electron chi connectivity index (χ4n) is 3.35. The van der Waals surface area contributed by atoms with Crippen molar-refractivity contribution in [2.24, 2.45) is 13.0 Å². The zero-order valence-electron chi connectivity index (χ0n) is 14.9. The SMILES string of the molecule is Cn1nc(C(=O)OCC(=O)NCC2CCCCC2)c2ccccc2c1=O. The van der Waals surface area contributed by atoms with Crippen LogP contribution in [0.5, 0.6) is 0 Å². The Morgan fingerprint density at radius 2 is 1.88 bits per heavy atom. The third kappa shape index (κ3) is 4.09. The number of esters is 1. The Morgan fingerprint density at radius 3 is 2.62 bits per heavy atom. The number of rotatable bonds is 5. The zero-order chi connectivity index (χ0) is 18.5. The summed E-state index contributed by atoms with van der Waals surface area (Å²) in [6.07, 6.45) is 5.95. The van der Waals surface area contributed by atoms with E-state index in [0.717, 1.165) is 17.5 Å². The molecule has 1 aliphatic carbocycles. The number of amides is 1. The highest BCUT2D eigenvalue weighted by Crippen LogP contribution is 2.22. The molecule has 0 aliphatic heterocycles. The Hall–Kier alpha value is -2.70. The molecule has 0 bridgehead atoms. The van der Waals surface area contributed by atoms with Crippen LogP contribution in [0, 0.1) is 5.92 Å². The van der Waals surface area contributed by atoms with Gasteiger partial charge in [-0.3, -0.25) is 9.59 Å². The van der Waals surface area contributed by atoms with Crippen molar-refractivity contribution < 1.29 is 14.3 Å². The standard InChI is InChI=1S/C19H23N3O4/c1-22-18(24)15-10-6-5-9-14(15)17(21-22)19(25)26-12-16(23)20-11-13-7-3-2-4-8-13/h5-6,9-10,13H,2-4,7-8,11-12H2,1H3,(H,20,23). The summed E-state index contributed by atoms with van der Waals surface area (Å²) in [5.74, 6) is -0.527. The first-order valence-electron chi connectivity index (χ1n) is 8.96. The summed E-state index contributed by atoms with van der Waals surface area (Å²) in [5.41, 5.74) is -0.259. The van der Waals surface area contributed by atoms with Crippen molar-refractivity contribution in [3.05, 3.63) is 40.3 Å². The fraction of sp³-hybridized carbons (Fsp3) is 0.474. The smallest absolute Gasteiger partial charge is 0.359 e.